The van der Waals surface area contributed by atoms with Gasteiger partial charge in [-0.05, 0) is 41.3 Å². The van der Waals surface area contributed by atoms with Crippen LogP contribution in [0.1, 0.15) is 22.5 Å². The minimum Gasteiger partial charge on any atom is -0.481 e. The van der Waals surface area contributed by atoms with Crippen molar-refractivity contribution in [2.24, 2.45) is 0 Å². The number of aromatic amines is 1. The largest absolute Gasteiger partial charge is 0.481 e. The summed E-state index contributed by atoms with van der Waals surface area (Å²) >= 11 is 6.03. The van der Waals surface area contributed by atoms with E-state index in [4.69, 9.17) is 16.7 Å². The molecular formula is C20H18ClN3O3. The smallest absolute Gasteiger partial charge is 0.305 e. The van der Waals surface area contributed by atoms with Crippen LogP contribution in [0.2, 0.25) is 5.02 Å². The zero-order valence-corrected chi connectivity index (χ0v) is 15.1. The van der Waals surface area contributed by atoms with Crippen molar-refractivity contribution in [2.45, 2.75) is 18.9 Å². The molecule has 0 saturated carbocycles. The lowest BCUT2D eigenvalue weighted by atomic mass is 9.99. The van der Waals surface area contributed by atoms with Crippen molar-refractivity contribution in [3.8, 4) is 11.1 Å². The van der Waals surface area contributed by atoms with Gasteiger partial charge in [-0.3, -0.25) is 14.7 Å². The van der Waals surface area contributed by atoms with Crippen LogP contribution >= 0.6 is 11.6 Å². The summed E-state index contributed by atoms with van der Waals surface area (Å²) in [5, 5.41) is 18.8. The highest BCUT2D eigenvalue weighted by Gasteiger charge is 2.18. The Balaban J connectivity index is 1.71. The van der Waals surface area contributed by atoms with Crippen LogP contribution in [0.3, 0.4) is 0 Å². The van der Waals surface area contributed by atoms with Crippen molar-refractivity contribution >= 4 is 23.5 Å². The molecule has 27 heavy (non-hydrogen) atoms. The highest BCUT2D eigenvalue weighted by Crippen LogP contribution is 2.23. The van der Waals surface area contributed by atoms with Crippen molar-refractivity contribution in [3.05, 3.63) is 77.1 Å². The number of aliphatic carboxylic acids is 1. The van der Waals surface area contributed by atoms with Gasteiger partial charge in [0.1, 0.15) is 5.69 Å². The molecule has 2 aromatic carbocycles. The van der Waals surface area contributed by atoms with Gasteiger partial charge in [0.15, 0.2) is 0 Å². The number of rotatable bonds is 7. The fraction of sp³-hybridized carbons (Fsp3) is 0.150. The van der Waals surface area contributed by atoms with Gasteiger partial charge >= 0.3 is 5.97 Å². The molecule has 0 spiro atoms. The van der Waals surface area contributed by atoms with Crippen molar-refractivity contribution in [1.82, 2.24) is 15.5 Å². The summed E-state index contributed by atoms with van der Waals surface area (Å²) in [6, 6.07) is 16.3. The highest BCUT2D eigenvalue weighted by molar-refractivity contribution is 6.30. The fourth-order valence-corrected chi connectivity index (χ4v) is 3.01. The third-order valence-corrected chi connectivity index (χ3v) is 4.33. The molecule has 0 aliphatic carbocycles. The molecule has 0 radical (unpaired) electrons. The Hall–Kier alpha value is -3.12. The topological polar surface area (TPSA) is 95.1 Å². The van der Waals surface area contributed by atoms with Crippen LogP contribution in [0.25, 0.3) is 11.1 Å². The third-order valence-electron chi connectivity index (χ3n) is 4.10. The molecule has 7 heteroatoms. The summed E-state index contributed by atoms with van der Waals surface area (Å²) in [7, 11) is 0. The average molecular weight is 384 g/mol. The Bertz CT molecular complexity index is 924. The number of carboxylic acid groups (broad SMARTS) is 1. The summed E-state index contributed by atoms with van der Waals surface area (Å²) in [6.45, 7) is 0. The number of hydrogen-bond acceptors (Lipinski definition) is 3. The molecule has 0 aliphatic rings. The van der Waals surface area contributed by atoms with Crippen LogP contribution in [0.15, 0.2) is 60.8 Å². The van der Waals surface area contributed by atoms with Crippen LogP contribution in [0.5, 0.6) is 0 Å². The number of H-pyrrole nitrogens is 1. The second kappa shape index (κ2) is 8.51. The monoisotopic (exact) mass is 383 g/mol. The molecule has 3 rings (SSSR count). The quantitative estimate of drug-likeness (QED) is 0.581. The zero-order chi connectivity index (χ0) is 19.2. The molecule has 3 N–H and O–H groups in total. The number of nitrogens with one attached hydrogen (secondary N) is 2. The lowest BCUT2D eigenvalue weighted by molar-refractivity contribution is -0.137. The molecule has 1 unspecified atom stereocenters. The maximum absolute atomic E-state index is 12.2. The summed E-state index contributed by atoms with van der Waals surface area (Å²) in [6.07, 6.45) is 1.70. The number of halogens is 1. The molecule has 0 saturated heterocycles. The van der Waals surface area contributed by atoms with Gasteiger partial charge in [-0.2, -0.15) is 5.10 Å². The summed E-state index contributed by atoms with van der Waals surface area (Å²) < 4.78 is 0. The standard InChI is InChI=1S/C20H18ClN3O3/c21-16-3-1-2-15(11-16)14-6-4-13(5-7-14)10-17(12-19(25)26)23-20(27)18-8-9-22-24-18/h1-9,11,17H,10,12H2,(H,22,24)(H,23,27)(H,25,26). The minimum absolute atomic E-state index is 0.171. The van der Waals surface area contributed by atoms with Gasteiger partial charge in [0.25, 0.3) is 5.91 Å². The molecule has 1 heterocycles. The molecule has 1 amide bonds. The summed E-state index contributed by atoms with van der Waals surface area (Å²) in [5.74, 6) is -1.35. The van der Waals surface area contributed by atoms with Crippen molar-refractivity contribution < 1.29 is 14.7 Å². The highest BCUT2D eigenvalue weighted by atomic mass is 35.5. The minimum atomic E-state index is -0.972. The van der Waals surface area contributed by atoms with E-state index in [0.717, 1.165) is 16.7 Å². The third kappa shape index (κ3) is 5.18. The summed E-state index contributed by atoms with van der Waals surface area (Å²) in [4.78, 5) is 23.3. The normalized spacial score (nSPS) is 11.7. The maximum atomic E-state index is 12.2. The molecule has 1 aromatic heterocycles. The number of carbonyl (C=O) groups excluding carboxylic acids is 1. The van der Waals surface area contributed by atoms with E-state index < -0.39 is 12.0 Å². The van der Waals surface area contributed by atoms with Crippen molar-refractivity contribution in [1.29, 1.82) is 0 Å². The predicted octanol–water partition coefficient (Wildman–Crippen LogP) is 3.55. The van der Waals surface area contributed by atoms with E-state index in [2.05, 4.69) is 15.5 Å². The number of nitrogens with zero attached hydrogens (tertiary/aromatic N) is 1. The molecule has 3 aromatic rings. The van der Waals surface area contributed by atoms with Crippen LogP contribution in [0, 0.1) is 0 Å². The number of hydrogen-bond donors (Lipinski definition) is 3. The molecule has 6 nitrogen and oxygen atoms in total. The number of amides is 1. The number of carboxylic acids is 1. The first-order valence-electron chi connectivity index (χ1n) is 8.38. The first-order valence-corrected chi connectivity index (χ1v) is 8.76. The first kappa shape index (κ1) is 18.7. The number of aromatic nitrogens is 2. The van der Waals surface area contributed by atoms with Crippen molar-refractivity contribution in [3.63, 3.8) is 0 Å². The SMILES string of the molecule is O=C(O)CC(Cc1ccc(-c2cccc(Cl)c2)cc1)NC(=O)c1ccn[nH]1. The Kier molecular flexibility index (Phi) is 5.88. The van der Waals surface area contributed by atoms with E-state index in [1.165, 1.54) is 12.3 Å². The van der Waals surface area contributed by atoms with Gasteiger partial charge in [-0.15, -0.1) is 0 Å². The van der Waals surface area contributed by atoms with E-state index in [-0.39, 0.29) is 12.3 Å². The Labute approximate surface area is 161 Å². The zero-order valence-electron chi connectivity index (χ0n) is 14.4. The molecular weight excluding hydrogens is 366 g/mol. The lowest BCUT2D eigenvalue weighted by Crippen LogP contribution is -2.38. The van der Waals surface area contributed by atoms with Crippen molar-refractivity contribution in [2.75, 3.05) is 0 Å². The lowest BCUT2D eigenvalue weighted by Gasteiger charge is -2.17. The maximum Gasteiger partial charge on any atom is 0.305 e. The van der Waals surface area contributed by atoms with Gasteiger partial charge < -0.3 is 10.4 Å². The fourth-order valence-electron chi connectivity index (χ4n) is 2.82. The molecule has 0 bridgehead atoms. The Morgan fingerprint density at radius 2 is 1.89 bits per heavy atom. The second-order valence-corrected chi connectivity index (χ2v) is 6.59. The first-order chi connectivity index (χ1) is 13.0. The molecule has 0 aliphatic heterocycles. The van der Waals surface area contributed by atoms with Crippen LogP contribution < -0.4 is 5.32 Å². The second-order valence-electron chi connectivity index (χ2n) is 6.15. The van der Waals surface area contributed by atoms with Crippen LogP contribution in [0.4, 0.5) is 0 Å². The van der Waals surface area contributed by atoms with Gasteiger partial charge in [0.05, 0.1) is 6.42 Å². The van der Waals surface area contributed by atoms with E-state index in [0.29, 0.717) is 17.1 Å². The molecule has 0 fully saturated rings. The molecule has 1 atom stereocenters. The van der Waals surface area contributed by atoms with E-state index in [1.807, 2.05) is 48.5 Å². The Morgan fingerprint density at radius 1 is 1.11 bits per heavy atom. The summed E-state index contributed by atoms with van der Waals surface area (Å²) in [5.41, 5.74) is 3.24. The Morgan fingerprint density at radius 3 is 2.52 bits per heavy atom. The number of benzene rings is 2. The molecule has 138 valence electrons. The van der Waals surface area contributed by atoms with Crippen LogP contribution in [-0.4, -0.2) is 33.2 Å². The van der Waals surface area contributed by atoms with E-state index in [9.17, 15) is 9.59 Å². The van der Waals surface area contributed by atoms with E-state index in [1.54, 1.807) is 0 Å². The predicted molar refractivity (Wildman–Crippen MR) is 103 cm³/mol. The van der Waals surface area contributed by atoms with Gasteiger partial charge in [0.2, 0.25) is 0 Å². The average Bonchev–Trinajstić information content (AvgIpc) is 3.16. The van der Waals surface area contributed by atoms with Gasteiger partial charge in [-0.25, -0.2) is 0 Å². The van der Waals surface area contributed by atoms with Gasteiger partial charge in [0, 0.05) is 17.3 Å². The van der Waals surface area contributed by atoms with Gasteiger partial charge in [-0.1, -0.05) is 48.0 Å². The number of carbonyl (C=O) groups is 2. The van der Waals surface area contributed by atoms with Crippen LogP contribution in [-0.2, 0) is 11.2 Å². The van der Waals surface area contributed by atoms with E-state index >= 15 is 0 Å².